The molecule has 6 nitrogen and oxygen atoms in total. The summed E-state index contributed by atoms with van der Waals surface area (Å²) in [5.41, 5.74) is 3.51. The van der Waals surface area contributed by atoms with Gasteiger partial charge in [0.2, 0.25) is 0 Å². The number of aromatic nitrogens is 4. The van der Waals surface area contributed by atoms with Crippen molar-refractivity contribution in [2.24, 2.45) is 14.1 Å². The summed E-state index contributed by atoms with van der Waals surface area (Å²) in [6.45, 7) is 3.67. The van der Waals surface area contributed by atoms with E-state index in [1.54, 1.807) is 0 Å². The minimum absolute atomic E-state index is 0.808. The Morgan fingerprint density at radius 1 is 1.26 bits per heavy atom. The molecule has 6 heteroatoms. The second-order valence-corrected chi connectivity index (χ2v) is 5.03. The van der Waals surface area contributed by atoms with Crippen LogP contribution in [0, 0.1) is 6.92 Å². The molecular weight excluding hydrogens is 240 g/mol. The van der Waals surface area contributed by atoms with Crippen LogP contribution in [0.15, 0.2) is 12.4 Å². The van der Waals surface area contributed by atoms with Crippen molar-refractivity contribution in [2.45, 2.75) is 20.0 Å². The van der Waals surface area contributed by atoms with Crippen molar-refractivity contribution in [3.05, 3.63) is 29.2 Å². The van der Waals surface area contributed by atoms with Gasteiger partial charge in [-0.25, -0.2) is 0 Å². The SMILES string of the molecule is Cc1nn(C)c(N(C)C)c1CNCc1cnn(C)c1. The maximum Gasteiger partial charge on any atom is 0.130 e. The molecule has 0 unspecified atom stereocenters. The molecule has 0 fully saturated rings. The van der Waals surface area contributed by atoms with Crippen LogP contribution < -0.4 is 10.2 Å². The first-order chi connectivity index (χ1) is 8.99. The average molecular weight is 262 g/mol. The highest BCUT2D eigenvalue weighted by Crippen LogP contribution is 2.20. The summed E-state index contributed by atoms with van der Waals surface area (Å²) in [4.78, 5) is 2.10. The lowest BCUT2D eigenvalue weighted by molar-refractivity contribution is 0.687. The van der Waals surface area contributed by atoms with Crippen molar-refractivity contribution < 1.29 is 0 Å². The molecule has 0 saturated heterocycles. The average Bonchev–Trinajstić information content (AvgIpc) is 2.84. The van der Waals surface area contributed by atoms with Crippen LogP contribution in [0.1, 0.15) is 16.8 Å². The van der Waals surface area contributed by atoms with Crippen LogP contribution in [0.5, 0.6) is 0 Å². The molecule has 0 amide bonds. The Labute approximate surface area is 114 Å². The Hall–Kier alpha value is -1.82. The zero-order valence-electron chi connectivity index (χ0n) is 12.3. The van der Waals surface area contributed by atoms with E-state index in [4.69, 9.17) is 0 Å². The van der Waals surface area contributed by atoms with Crippen LogP contribution in [0.3, 0.4) is 0 Å². The molecule has 19 heavy (non-hydrogen) atoms. The lowest BCUT2D eigenvalue weighted by Gasteiger charge is -2.15. The minimum Gasteiger partial charge on any atom is -0.363 e. The highest BCUT2D eigenvalue weighted by molar-refractivity contribution is 5.48. The Balaban J connectivity index is 2.03. The lowest BCUT2D eigenvalue weighted by atomic mass is 10.2. The number of nitrogens with one attached hydrogen (secondary N) is 1. The van der Waals surface area contributed by atoms with E-state index in [0.29, 0.717) is 0 Å². The number of hydrogen-bond acceptors (Lipinski definition) is 4. The van der Waals surface area contributed by atoms with Gasteiger partial charge in [0, 0.05) is 58.6 Å². The zero-order chi connectivity index (χ0) is 14.0. The normalized spacial score (nSPS) is 11.0. The van der Waals surface area contributed by atoms with Crippen LogP contribution >= 0.6 is 0 Å². The Bertz CT molecular complexity index is 551. The van der Waals surface area contributed by atoms with Crippen molar-refractivity contribution in [3.63, 3.8) is 0 Å². The van der Waals surface area contributed by atoms with E-state index >= 15 is 0 Å². The van der Waals surface area contributed by atoms with E-state index in [9.17, 15) is 0 Å². The van der Waals surface area contributed by atoms with Crippen molar-refractivity contribution in [1.82, 2.24) is 24.9 Å². The Kier molecular flexibility index (Phi) is 3.90. The summed E-state index contributed by atoms with van der Waals surface area (Å²) in [5.74, 6) is 1.15. The minimum atomic E-state index is 0.808. The van der Waals surface area contributed by atoms with E-state index in [1.807, 2.05) is 56.9 Å². The monoisotopic (exact) mass is 262 g/mol. The highest BCUT2D eigenvalue weighted by Gasteiger charge is 2.14. The van der Waals surface area contributed by atoms with Gasteiger partial charge in [0.25, 0.3) is 0 Å². The van der Waals surface area contributed by atoms with Gasteiger partial charge in [-0.1, -0.05) is 0 Å². The highest BCUT2D eigenvalue weighted by atomic mass is 15.4. The quantitative estimate of drug-likeness (QED) is 0.866. The predicted molar refractivity (Wildman–Crippen MR) is 76.0 cm³/mol. The smallest absolute Gasteiger partial charge is 0.130 e. The third-order valence-electron chi connectivity index (χ3n) is 3.13. The van der Waals surface area contributed by atoms with Crippen LogP contribution in [-0.2, 0) is 27.2 Å². The van der Waals surface area contributed by atoms with Gasteiger partial charge in [-0.3, -0.25) is 9.36 Å². The maximum absolute atomic E-state index is 4.48. The fourth-order valence-electron chi connectivity index (χ4n) is 2.35. The topological polar surface area (TPSA) is 50.9 Å². The van der Waals surface area contributed by atoms with Gasteiger partial charge >= 0.3 is 0 Å². The molecule has 0 saturated carbocycles. The van der Waals surface area contributed by atoms with E-state index < -0.39 is 0 Å². The summed E-state index contributed by atoms with van der Waals surface area (Å²) in [6.07, 6.45) is 3.91. The van der Waals surface area contributed by atoms with E-state index in [0.717, 1.165) is 24.6 Å². The van der Waals surface area contributed by atoms with Gasteiger partial charge in [0.15, 0.2) is 0 Å². The predicted octanol–water partition coefficient (Wildman–Crippen LogP) is 0.818. The van der Waals surface area contributed by atoms with Crippen LogP contribution in [-0.4, -0.2) is 33.7 Å². The van der Waals surface area contributed by atoms with E-state index in [2.05, 4.69) is 20.4 Å². The fourth-order valence-corrected chi connectivity index (χ4v) is 2.35. The van der Waals surface area contributed by atoms with Crippen LogP contribution in [0.4, 0.5) is 5.82 Å². The molecule has 2 aromatic rings. The summed E-state index contributed by atoms with van der Waals surface area (Å²) >= 11 is 0. The van der Waals surface area contributed by atoms with Crippen molar-refractivity contribution in [2.75, 3.05) is 19.0 Å². The van der Waals surface area contributed by atoms with Crippen molar-refractivity contribution in [1.29, 1.82) is 0 Å². The first-order valence-electron chi connectivity index (χ1n) is 6.37. The molecule has 0 aliphatic rings. The zero-order valence-corrected chi connectivity index (χ0v) is 12.3. The molecule has 2 aromatic heterocycles. The summed E-state index contributed by atoms with van der Waals surface area (Å²) in [5, 5.41) is 12.1. The first-order valence-corrected chi connectivity index (χ1v) is 6.37. The number of rotatable bonds is 5. The number of anilines is 1. The first kappa shape index (κ1) is 13.6. The van der Waals surface area contributed by atoms with Crippen LogP contribution in [0.2, 0.25) is 0 Å². The summed E-state index contributed by atoms with van der Waals surface area (Å²) in [7, 11) is 7.99. The van der Waals surface area contributed by atoms with Gasteiger partial charge in [-0.15, -0.1) is 0 Å². The fraction of sp³-hybridized carbons (Fsp3) is 0.538. The molecule has 1 N–H and O–H groups in total. The Morgan fingerprint density at radius 3 is 2.58 bits per heavy atom. The third kappa shape index (κ3) is 2.96. The molecule has 0 bridgehead atoms. The number of hydrogen-bond donors (Lipinski definition) is 1. The molecule has 0 radical (unpaired) electrons. The van der Waals surface area contributed by atoms with E-state index in [-0.39, 0.29) is 0 Å². The molecule has 0 aliphatic heterocycles. The molecule has 0 aliphatic carbocycles. The second-order valence-electron chi connectivity index (χ2n) is 5.03. The van der Waals surface area contributed by atoms with Crippen LogP contribution in [0.25, 0.3) is 0 Å². The van der Waals surface area contributed by atoms with Crippen molar-refractivity contribution >= 4 is 5.82 Å². The summed E-state index contributed by atoms with van der Waals surface area (Å²) in [6, 6.07) is 0. The summed E-state index contributed by atoms with van der Waals surface area (Å²) < 4.78 is 3.74. The van der Waals surface area contributed by atoms with Crippen molar-refractivity contribution in [3.8, 4) is 0 Å². The molecule has 2 heterocycles. The standard InChI is InChI=1S/C13H22N6/c1-10-12(13(17(2)3)19(5)16-10)8-14-6-11-7-15-18(4)9-11/h7,9,14H,6,8H2,1-5H3. The third-order valence-corrected chi connectivity index (χ3v) is 3.13. The van der Waals surface area contributed by atoms with Gasteiger partial charge in [-0.2, -0.15) is 10.2 Å². The Morgan fingerprint density at radius 2 is 2.00 bits per heavy atom. The van der Waals surface area contributed by atoms with Gasteiger partial charge < -0.3 is 10.2 Å². The molecule has 2 rings (SSSR count). The molecule has 0 spiro atoms. The largest absolute Gasteiger partial charge is 0.363 e. The van der Waals surface area contributed by atoms with Gasteiger partial charge in [0.1, 0.15) is 5.82 Å². The maximum atomic E-state index is 4.48. The second kappa shape index (κ2) is 5.44. The van der Waals surface area contributed by atoms with Gasteiger partial charge in [0.05, 0.1) is 11.9 Å². The molecule has 104 valence electrons. The van der Waals surface area contributed by atoms with E-state index in [1.165, 1.54) is 11.1 Å². The number of nitrogens with zero attached hydrogens (tertiary/aromatic N) is 5. The van der Waals surface area contributed by atoms with Gasteiger partial charge in [-0.05, 0) is 6.92 Å². The number of aryl methyl sites for hydroxylation is 3. The molecular formula is C13H22N6. The molecule has 0 aromatic carbocycles. The lowest BCUT2D eigenvalue weighted by Crippen LogP contribution is -2.18. The molecule has 0 atom stereocenters.